The molecule has 1 saturated carbocycles. The Morgan fingerprint density at radius 2 is 2.05 bits per heavy atom. The summed E-state index contributed by atoms with van der Waals surface area (Å²) in [5, 5.41) is 7.24. The third-order valence-corrected chi connectivity index (χ3v) is 4.55. The molecule has 1 aromatic rings. The molecule has 1 aliphatic carbocycles. The van der Waals surface area contributed by atoms with Gasteiger partial charge in [-0.15, -0.1) is 0 Å². The number of rotatable bonds is 3. The van der Waals surface area contributed by atoms with Gasteiger partial charge < -0.3 is 15.4 Å². The van der Waals surface area contributed by atoms with Gasteiger partial charge in [0.05, 0.1) is 12.7 Å². The normalized spacial score (nSPS) is 21.0. The molecule has 0 aromatic heterocycles. The van der Waals surface area contributed by atoms with Crippen molar-refractivity contribution in [1.29, 1.82) is 0 Å². The van der Waals surface area contributed by atoms with Crippen molar-refractivity contribution in [2.24, 2.45) is 5.92 Å². The van der Waals surface area contributed by atoms with Crippen molar-refractivity contribution >= 4 is 29.0 Å². The highest BCUT2D eigenvalue weighted by molar-refractivity contribution is 7.80. The molecule has 0 radical (unpaired) electrons. The van der Waals surface area contributed by atoms with Crippen LogP contribution in [0.2, 0.25) is 0 Å². The number of carbonyl (C=O) groups excluding carboxylic acids is 1. The molecular formula is C17H24N2O2S. The maximum Gasteiger partial charge on any atom is 0.337 e. The van der Waals surface area contributed by atoms with E-state index in [1.54, 1.807) is 12.1 Å². The molecule has 2 rings (SSSR count). The van der Waals surface area contributed by atoms with Crippen LogP contribution in [-0.4, -0.2) is 24.2 Å². The molecule has 0 heterocycles. The van der Waals surface area contributed by atoms with Crippen molar-refractivity contribution in [2.45, 2.75) is 45.6 Å². The van der Waals surface area contributed by atoms with Gasteiger partial charge in [-0.3, -0.25) is 0 Å². The molecule has 2 atom stereocenters. The quantitative estimate of drug-likeness (QED) is 0.658. The Labute approximate surface area is 137 Å². The number of anilines is 1. The summed E-state index contributed by atoms with van der Waals surface area (Å²) in [6.45, 7) is 4.25. The molecule has 5 heteroatoms. The van der Waals surface area contributed by atoms with Crippen molar-refractivity contribution < 1.29 is 9.53 Å². The number of aryl methyl sites for hydroxylation is 1. The van der Waals surface area contributed by atoms with Gasteiger partial charge in [0.15, 0.2) is 5.11 Å². The van der Waals surface area contributed by atoms with Crippen molar-refractivity contribution in [2.75, 3.05) is 12.4 Å². The van der Waals surface area contributed by atoms with E-state index in [1.807, 2.05) is 13.0 Å². The number of hydrogen-bond donors (Lipinski definition) is 2. The van der Waals surface area contributed by atoms with E-state index >= 15 is 0 Å². The molecular weight excluding hydrogens is 296 g/mol. The Bertz CT molecular complexity index is 560. The van der Waals surface area contributed by atoms with Gasteiger partial charge >= 0.3 is 5.97 Å². The number of esters is 1. The fraction of sp³-hybridized carbons (Fsp3) is 0.529. The molecule has 0 unspecified atom stereocenters. The molecule has 120 valence electrons. The van der Waals surface area contributed by atoms with Gasteiger partial charge in [0.1, 0.15) is 0 Å². The number of hydrogen-bond acceptors (Lipinski definition) is 3. The van der Waals surface area contributed by atoms with E-state index in [9.17, 15) is 4.79 Å². The van der Waals surface area contributed by atoms with Crippen LogP contribution >= 0.6 is 12.2 Å². The molecule has 0 aliphatic heterocycles. The predicted octanol–water partition coefficient (Wildman–Crippen LogP) is 3.65. The highest BCUT2D eigenvalue weighted by Gasteiger charge is 2.21. The number of carbonyl (C=O) groups is 1. The SMILES string of the molecule is COC(=O)c1ccc(C)c(NC(=S)N[C@H]2CCCC[C@@H]2C)c1. The number of nitrogens with one attached hydrogen (secondary N) is 2. The molecule has 0 amide bonds. The standard InChI is InChI=1S/C17H24N2O2S/c1-11-6-4-5-7-14(11)18-17(22)19-15-10-13(16(20)21-3)9-8-12(15)2/h8-11,14H,4-7H2,1-3H3,(H2,18,19,22)/t11-,14-/m0/s1. The first-order chi connectivity index (χ1) is 10.5. The Hall–Kier alpha value is -1.62. The Morgan fingerprint density at radius 3 is 2.73 bits per heavy atom. The minimum atomic E-state index is -0.345. The largest absolute Gasteiger partial charge is 0.465 e. The Balaban J connectivity index is 2.03. The van der Waals surface area contributed by atoms with E-state index in [4.69, 9.17) is 17.0 Å². The maximum absolute atomic E-state index is 11.6. The lowest BCUT2D eigenvalue weighted by Gasteiger charge is -2.30. The van der Waals surface area contributed by atoms with Crippen molar-refractivity contribution in [3.8, 4) is 0 Å². The summed E-state index contributed by atoms with van der Waals surface area (Å²) in [6, 6.07) is 5.85. The third kappa shape index (κ3) is 4.19. The molecule has 4 nitrogen and oxygen atoms in total. The molecule has 1 aliphatic rings. The van der Waals surface area contributed by atoms with Gasteiger partial charge in [0, 0.05) is 11.7 Å². The van der Waals surface area contributed by atoms with Crippen molar-refractivity contribution in [3.05, 3.63) is 29.3 Å². The lowest BCUT2D eigenvalue weighted by molar-refractivity contribution is 0.0601. The van der Waals surface area contributed by atoms with E-state index in [-0.39, 0.29) is 5.97 Å². The van der Waals surface area contributed by atoms with Gasteiger partial charge in [-0.05, 0) is 55.6 Å². The maximum atomic E-state index is 11.6. The molecule has 22 heavy (non-hydrogen) atoms. The van der Waals surface area contributed by atoms with Gasteiger partial charge in [-0.2, -0.15) is 0 Å². The first-order valence-corrected chi connectivity index (χ1v) is 8.18. The second-order valence-corrected chi connectivity index (χ2v) is 6.40. The van der Waals surface area contributed by atoms with E-state index in [2.05, 4.69) is 17.6 Å². The smallest absolute Gasteiger partial charge is 0.337 e. The zero-order chi connectivity index (χ0) is 16.1. The fourth-order valence-corrected chi connectivity index (χ4v) is 3.12. The van der Waals surface area contributed by atoms with Gasteiger partial charge in [0.2, 0.25) is 0 Å². The summed E-state index contributed by atoms with van der Waals surface area (Å²) < 4.78 is 4.76. The lowest BCUT2D eigenvalue weighted by Crippen LogP contribution is -2.43. The summed E-state index contributed by atoms with van der Waals surface area (Å²) in [4.78, 5) is 11.6. The van der Waals surface area contributed by atoms with E-state index in [1.165, 1.54) is 26.4 Å². The third-order valence-electron chi connectivity index (χ3n) is 4.33. The van der Waals surface area contributed by atoms with Crippen molar-refractivity contribution in [1.82, 2.24) is 5.32 Å². The fourth-order valence-electron chi connectivity index (χ4n) is 2.86. The highest BCUT2D eigenvalue weighted by Crippen LogP contribution is 2.24. The van der Waals surface area contributed by atoms with Crippen LogP contribution in [0.4, 0.5) is 5.69 Å². The van der Waals surface area contributed by atoms with E-state index in [0.717, 1.165) is 17.7 Å². The summed E-state index contributed by atoms with van der Waals surface area (Å²) >= 11 is 5.43. The average Bonchev–Trinajstić information content (AvgIpc) is 2.51. The van der Waals surface area contributed by atoms with Gasteiger partial charge in [0.25, 0.3) is 0 Å². The summed E-state index contributed by atoms with van der Waals surface area (Å²) in [7, 11) is 1.38. The van der Waals surface area contributed by atoms with E-state index < -0.39 is 0 Å². The molecule has 1 fully saturated rings. The minimum absolute atomic E-state index is 0.345. The van der Waals surface area contributed by atoms with Gasteiger partial charge in [-0.1, -0.05) is 25.8 Å². The number of benzene rings is 1. The molecule has 1 aromatic carbocycles. The number of methoxy groups -OCH3 is 1. The van der Waals surface area contributed by atoms with Crippen LogP contribution in [0.3, 0.4) is 0 Å². The highest BCUT2D eigenvalue weighted by atomic mass is 32.1. The zero-order valence-corrected chi connectivity index (χ0v) is 14.3. The number of ether oxygens (including phenoxy) is 1. The van der Waals surface area contributed by atoms with Crippen LogP contribution in [0.5, 0.6) is 0 Å². The topological polar surface area (TPSA) is 50.4 Å². The number of thiocarbonyl (C=S) groups is 1. The monoisotopic (exact) mass is 320 g/mol. The van der Waals surface area contributed by atoms with Crippen LogP contribution < -0.4 is 10.6 Å². The average molecular weight is 320 g/mol. The van der Waals surface area contributed by atoms with Crippen LogP contribution in [0.1, 0.15) is 48.5 Å². The first kappa shape index (κ1) is 16.7. The van der Waals surface area contributed by atoms with E-state index in [0.29, 0.717) is 22.6 Å². The second-order valence-electron chi connectivity index (χ2n) is 5.99. The van der Waals surface area contributed by atoms with Gasteiger partial charge in [-0.25, -0.2) is 4.79 Å². The second kappa shape index (κ2) is 7.58. The Kier molecular flexibility index (Phi) is 5.77. The zero-order valence-electron chi connectivity index (χ0n) is 13.4. The van der Waals surface area contributed by atoms with Crippen molar-refractivity contribution in [3.63, 3.8) is 0 Å². The minimum Gasteiger partial charge on any atom is -0.465 e. The van der Waals surface area contributed by atoms with Crippen LogP contribution in [0.15, 0.2) is 18.2 Å². The summed E-state index contributed by atoms with van der Waals surface area (Å²) in [5.41, 5.74) is 2.39. The molecule has 2 N–H and O–H groups in total. The lowest BCUT2D eigenvalue weighted by atomic mass is 9.86. The van der Waals surface area contributed by atoms with Crippen LogP contribution in [0, 0.1) is 12.8 Å². The molecule has 0 bridgehead atoms. The van der Waals surface area contributed by atoms with Crippen LogP contribution in [-0.2, 0) is 4.74 Å². The first-order valence-electron chi connectivity index (χ1n) is 7.77. The molecule has 0 spiro atoms. The molecule has 0 saturated heterocycles. The summed E-state index contributed by atoms with van der Waals surface area (Å²) in [6.07, 6.45) is 4.96. The van der Waals surface area contributed by atoms with Crippen LogP contribution in [0.25, 0.3) is 0 Å². The predicted molar refractivity (Wildman–Crippen MR) is 93.3 cm³/mol. The Morgan fingerprint density at radius 1 is 1.32 bits per heavy atom. The summed E-state index contributed by atoms with van der Waals surface area (Å²) in [5.74, 6) is 0.291.